The molecule has 1 heteroatoms. The van der Waals surface area contributed by atoms with Crippen molar-refractivity contribution in [2.24, 2.45) is 0 Å². The normalized spacial score (nSPS) is 12.3. The molecular weight excluding hydrogens is 472 g/mol. The van der Waals surface area contributed by atoms with Gasteiger partial charge < -0.3 is 4.74 Å². The molecule has 0 saturated carbocycles. The van der Waals surface area contributed by atoms with E-state index in [9.17, 15) is 0 Å². The Morgan fingerprint density at radius 1 is 0.333 bits per heavy atom. The van der Waals surface area contributed by atoms with Gasteiger partial charge in [-0.2, -0.15) is 0 Å². The van der Waals surface area contributed by atoms with Gasteiger partial charge in [-0.15, -0.1) is 0 Å². The van der Waals surface area contributed by atoms with Gasteiger partial charge in [0, 0.05) is 10.9 Å². The first-order chi connectivity index (χ1) is 19.3. The molecule has 0 aromatic heterocycles. The van der Waals surface area contributed by atoms with Crippen molar-refractivity contribution in [3.05, 3.63) is 133 Å². The van der Waals surface area contributed by atoms with E-state index in [2.05, 4.69) is 127 Å². The molecule has 0 radical (unpaired) electrons. The average molecular weight is 495 g/mol. The predicted molar refractivity (Wildman–Crippen MR) is 165 cm³/mol. The highest BCUT2D eigenvalue weighted by atomic mass is 16.5. The van der Waals surface area contributed by atoms with E-state index in [1.165, 1.54) is 70.6 Å². The lowest BCUT2D eigenvalue weighted by atomic mass is 9.86. The summed E-state index contributed by atoms with van der Waals surface area (Å²) in [6, 6.07) is 48.5. The maximum atomic E-state index is 6.47. The predicted octanol–water partition coefficient (Wildman–Crippen LogP) is 10.9. The maximum absolute atomic E-state index is 6.47. The Labute approximate surface area is 225 Å². The van der Waals surface area contributed by atoms with Crippen LogP contribution in [0.3, 0.4) is 0 Å². The zero-order chi connectivity index (χ0) is 25.5. The van der Waals surface area contributed by atoms with Crippen molar-refractivity contribution in [2.45, 2.75) is 0 Å². The van der Waals surface area contributed by atoms with Gasteiger partial charge in [0.05, 0.1) is 0 Å². The number of para-hydroxylation sites is 1. The first-order valence-electron chi connectivity index (χ1n) is 13.4. The summed E-state index contributed by atoms with van der Waals surface area (Å²) in [6.45, 7) is 0. The van der Waals surface area contributed by atoms with Crippen LogP contribution in [-0.4, -0.2) is 0 Å². The van der Waals surface area contributed by atoms with E-state index in [-0.39, 0.29) is 0 Å². The summed E-state index contributed by atoms with van der Waals surface area (Å²) >= 11 is 0. The monoisotopic (exact) mass is 494 g/mol. The minimum absolute atomic E-state index is 0.911. The van der Waals surface area contributed by atoms with E-state index >= 15 is 0 Å². The Hall–Kier alpha value is -5.14. The Morgan fingerprint density at radius 2 is 1.03 bits per heavy atom. The highest BCUT2D eigenvalue weighted by Gasteiger charge is 2.23. The van der Waals surface area contributed by atoms with Gasteiger partial charge >= 0.3 is 0 Å². The molecule has 8 aromatic rings. The molecule has 1 nitrogen and oxygen atoms in total. The first kappa shape index (κ1) is 20.9. The molecule has 0 aliphatic carbocycles. The van der Waals surface area contributed by atoms with Crippen LogP contribution in [0.15, 0.2) is 133 Å². The average Bonchev–Trinajstić information content (AvgIpc) is 2.99. The summed E-state index contributed by atoms with van der Waals surface area (Å²) in [5.41, 5.74) is 4.85. The van der Waals surface area contributed by atoms with Crippen molar-refractivity contribution in [1.29, 1.82) is 0 Å². The molecule has 1 heterocycles. The molecule has 0 atom stereocenters. The zero-order valence-corrected chi connectivity index (χ0v) is 21.1. The van der Waals surface area contributed by atoms with Crippen molar-refractivity contribution in [1.82, 2.24) is 0 Å². The van der Waals surface area contributed by atoms with Crippen LogP contribution < -0.4 is 4.74 Å². The van der Waals surface area contributed by atoms with Gasteiger partial charge in [0.25, 0.3) is 0 Å². The SMILES string of the molecule is c1ccc2c(c1)Oc1cc3ccccc3c3cc(-c4cccc5ccc6cc7ccccc7cc6c45)cc-2c13. The number of benzene rings is 8. The van der Waals surface area contributed by atoms with Crippen LogP contribution in [0.25, 0.3) is 76.1 Å². The molecule has 1 aliphatic rings. The molecule has 0 saturated heterocycles. The zero-order valence-electron chi connectivity index (χ0n) is 21.1. The minimum atomic E-state index is 0.911. The van der Waals surface area contributed by atoms with Crippen LogP contribution in [-0.2, 0) is 0 Å². The minimum Gasteiger partial charge on any atom is -0.456 e. The molecule has 180 valence electrons. The summed E-state index contributed by atoms with van der Waals surface area (Å²) in [5.74, 6) is 1.84. The van der Waals surface area contributed by atoms with Crippen LogP contribution in [0.2, 0.25) is 0 Å². The van der Waals surface area contributed by atoms with Crippen LogP contribution >= 0.6 is 0 Å². The van der Waals surface area contributed by atoms with Gasteiger partial charge in [-0.25, -0.2) is 0 Å². The summed E-state index contributed by atoms with van der Waals surface area (Å²) in [4.78, 5) is 0. The molecule has 0 amide bonds. The molecule has 0 bridgehead atoms. The number of fused-ring (bicyclic) bond motifs is 8. The molecule has 0 N–H and O–H groups in total. The van der Waals surface area contributed by atoms with E-state index in [0.717, 1.165) is 17.1 Å². The second-order valence-electron chi connectivity index (χ2n) is 10.5. The lowest BCUT2D eigenvalue weighted by molar-refractivity contribution is 0.487. The van der Waals surface area contributed by atoms with E-state index in [1.807, 2.05) is 6.07 Å². The Balaban J connectivity index is 1.45. The third-order valence-electron chi connectivity index (χ3n) is 8.36. The van der Waals surface area contributed by atoms with Crippen molar-refractivity contribution >= 4 is 53.9 Å². The van der Waals surface area contributed by atoms with Crippen molar-refractivity contribution in [3.63, 3.8) is 0 Å². The van der Waals surface area contributed by atoms with E-state index in [0.29, 0.717) is 0 Å². The summed E-state index contributed by atoms with van der Waals surface area (Å²) in [5, 5.41) is 12.5. The third-order valence-corrected chi connectivity index (χ3v) is 8.36. The van der Waals surface area contributed by atoms with E-state index in [1.54, 1.807) is 0 Å². The number of hydrogen-bond donors (Lipinski definition) is 0. The number of rotatable bonds is 1. The van der Waals surface area contributed by atoms with Gasteiger partial charge in [0.2, 0.25) is 0 Å². The third kappa shape index (κ3) is 2.96. The molecule has 1 aliphatic heterocycles. The lowest BCUT2D eigenvalue weighted by Gasteiger charge is -2.23. The molecule has 0 spiro atoms. The summed E-state index contributed by atoms with van der Waals surface area (Å²) in [6.07, 6.45) is 0. The fraction of sp³-hybridized carbons (Fsp3) is 0. The fourth-order valence-electron chi connectivity index (χ4n) is 6.59. The smallest absolute Gasteiger partial charge is 0.136 e. The van der Waals surface area contributed by atoms with E-state index < -0.39 is 0 Å². The quantitative estimate of drug-likeness (QED) is 0.163. The van der Waals surface area contributed by atoms with Crippen LogP contribution in [0.1, 0.15) is 0 Å². The highest BCUT2D eigenvalue weighted by Crippen LogP contribution is 2.50. The van der Waals surface area contributed by atoms with Gasteiger partial charge in [-0.05, 0) is 102 Å². The van der Waals surface area contributed by atoms with Crippen LogP contribution in [0.5, 0.6) is 11.5 Å². The second kappa shape index (κ2) is 7.69. The first-order valence-corrected chi connectivity index (χ1v) is 13.4. The standard InChI is InChI=1S/C38H22O/c1-2-9-25-19-32-27(18-24(25)8-1)17-16-23-11-7-14-30(37(23)32)28-20-33-29-12-4-3-10-26(29)22-36-38(33)34(21-28)31-13-5-6-15-35(31)39-36/h1-22H. The van der Waals surface area contributed by atoms with Gasteiger partial charge in [0.15, 0.2) is 0 Å². The highest BCUT2D eigenvalue weighted by molar-refractivity contribution is 6.21. The molecular formula is C38H22O. The largest absolute Gasteiger partial charge is 0.456 e. The Kier molecular flexibility index (Phi) is 4.11. The topological polar surface area (TPSA) is 9.23 Å². The van der Waals surface area contributed by atoms with Gasteiger partial charge in [0.1, 0.15) is 11.5 Å². The van der Waals surface area contributed by atoms with Crippen molar-refractivity contribution in [2.75, 3.05) is 0 Å². The molecule has 0 unspecified atom stereocenters. The number of hydrogen-bond acceptors (Lipinski definition) is 1. The Bertz CT molecular complexity index is 2310. The molecule has 8 aromatic carbocycles. The number of ether oxygens (including phenoxy) is 1. The fourth-order valence-corrected chi connectivity index (χ4v) is 6.59. The Morgan fingerprint density at radius 3 is 1.95 bits per heavy atom. The maximum Gasteiger partial charge on any atom is 0.136 e. The van der Waals surface area contributed by atoms with Crippen LogP contribution in [0, 0.1) is 0 Å². The van der Waals surface area contributed by atoms with Crippen molar-refractivity contribution < 1.29 is 4.74 Å². The molecule has 39 heavy (non-hydrogen) atoms. The summed E-state index contributed by atoms with van der Waals surface area (Å²) in [7, 11) is 0. The second-order valence-corrected chi connectivity index (χ2v) is 10.5. The van der Waals surface area contributed by atoms with E-state index in [4.69, 9.17) is 4.74 Å². The summed E-state index contributed by atoms with van der Waals surface area (Å²) < 4.78 is 6.47. The van der Waals surface area contributed by atoms with Gasteiger partial charge in [-0.3, -0.25) is 0 Å². The molecule has 0 fully saturated rings. The van der Waals surface area contributed by atoms with Gasteiger partial charge in [-0.1, -0.05) is 97.1 Å². The van der Waals surface area contributed by atoms with Crippen LogP contribution in [0.4, 0.5) is 0 Å². The van der Waals surface area contributed by atoms with Crippen molar-refractivity contribution in [3.8, 4) is 33.8 Å². The molecule has 9 rings (SSSR count). The lowest BCUT2D eigenvalue weighted by Crippen LogP contribution is -1.98.